The highest BCUT2D eigenvalue weighted by molar-refractivity contribution is 5.90. The van der Waals surface area contributed by atoms with Crippen LogP contribution < -0.4 is 15.8 Å². The van der Waals surface area contributed by atoms with E-state index in [0.717, 1.165) is 33.5 Å². The second-order valence-electron chi connectivity index (χ2n) is 7.38. The summed E-state index contributed by atoms with van der Waals surface area (Å²) >= 11 is 0. The van der Waals surface area contributed by atoms with E-state index in [2.05, 4.69) is 15.3 Å². The first-order chi connectivity index (χ1) is 15.0. The fourth-order valence-electron chi connectivity index (χ4n) is 3.88. The fraction of sp³-hybridized carbons (Fsp3) is 0.208. The maximum Gasteiger partial charge on any atom is 0.166 e. The van der Waals surface area contributed by atoms with E-state index in [9.17, 15) is 4.39 Å². The van der Waals surface area contributed by atoms with Gasteiger partial charge in [-0.1, -0.05) is 6.07 Å². The van der Waals surface area contributed by atoms with E-state index in [1.165, 1.54) is 18.3 Å². The number of hydrogen-bond donors (Lipinski definition) is 3. The monoisotopic (exact) mass is 417 g/mol. The van der Waals surface area contributed by atoms with Crippen LogP contribution in [0.25, 0.3) is 16.8 Å². The summed E-state index contributed by atoms with van der Waals surface area (Å²) in [5.41, 5.74) is 11.8. The first-order valence-corrected chi connectivity index (χ1v) is 10.1. The number of halogens is 1. The predicted molar refractivity (Wildman–Crippen MR) is 120 cm³/mol. The van der Waals surface area contributed by atoms with Crippen LogP contribution in [0.2, 0.25) is 0 Å². The quantitative estimate of drug-likeness (QED) is 0.544. The van der Waals surface area contributed by atoms with Gasteiger partial charge < -0.3 is 21.2 Å². The number of nitrogens with one attached hydrogen (secondary N) is 2. The van der Waals surface area contributed by atoms with E-state index in [0.29, 0.717) is 24.3 Å². The SMILES string of the molecule is CCN/C1=C(\C=N)Cc2cnccc2-c2ccc(F)cc2C(C)Oc2cc1cnc2N. The van der Waals surface area contributed by atoms with E-state index in [1.807, 2.05) is 26.0 Å². The topological polar surface area (TPSA) is 96.9 Å². The zero-order valence-electron chi connectivity index (χ0n) is 17.4. The highest BCUT2D eigenvalue weighted by Gasteiger charge is 2.21. The fourth-order valence-corrected chi connectivity index (χ4v) is 3.88. The van der Waals surface area contributed by atoms with Crippen LogP contribution in [0, 0.1) is 11.2 Å². The van der Waals surface area contributed by atoms with Crippen LogP contribution in [0.15, 0.2) is 54.5 Å². The van der Waals surface area contributed by atoms with Crippen molar-refractivity contribution in [3.05, 3.63) is 77.0 Å². The van der Waals surface area contributed by atoms with E-state index < -0.39 is 6.10 Å². The molecule has 2 bridgehead atoms. The Bertz CT molecular complexity index is 1170. The van der Waals surface area contributed by atoms with Gasteiger partial charge in [0, 0.05) is 54.6 Å². The lowest BCUT2D eigenvalue weighted by atomic mass is 9.90. The third-order valence-electron chi connectivity index (χ3n) is 5.35. The molecule has 1 aromatic carbocycles. The van der Waals surface area contributed by atoms with E-state index in [4.69, 9.17) is 15.9 Å². The van der Waals surface area contributed by atoms with Crippen molar-refractivity contribution in [3.8, 4) is 16.9 Å². The van der Waals surface area contributed by atoms with Gasteiger partial charge in [0.25, 0.3) is 0 Å². The Kier molecular flexibility index (Phi) is 5.66. The molecule has 3 heterocycles. The highest BCUT2D eigenvalue weighted by atomic mass is 19.1. The summed E-state index contributed by atoms with van der Waals surface area (Å²) in [6, 6.07) is 8.40. The van der Waals surface area contributed by atoms with Crippen molar-refractivity contribution in [1.82, 2.24) is 15.3 Å². The standard InChI is InChI=1S/C24H24FN5O/c1-3-29-23-15(11-26)8-16-12-28-7-6-19(16)20-5-4-18(25)10-21(20)14(2)31-22-9-17(23)13-30-24(22)27/h4-7,9-14,26,29H,3,8H2,1-2H3,(H2,27,30)/b23-15-,26-11?. The van der Waals surface area contributed by atoms with Crippen molar-refractivity contribution in [2.75, 3.05) is 12.3 Å². The van der Waals surface area contributed by atoms with Crippen molar-refractivity contribution in [3.63, 3.8) is 0 Å². The summed E-state index contributed by atoms with van der Waals surface area (Å²) in [6.07, 6.45) is 6.51. The van der Waals surface area contributed by atoms with Crippen molar-refractivity contribution in [2.24, 2.45) is 0 Å². The second-order valence-corrected chi connectivity index (χ2v) is 7.38. The molecule has 4 N–H and O–H groups in total. The maximum atomic E-state index is 14.2. The molecule has 2 aromatic heterocycles. The van der Waals surface area contributed by atoms with Crippen LogP contribution >= 0.6 is 0 Å². The Morgan fingerprint density at radius 1 is 1.26 bits per heavy atom. The van der Waals surface area contributed by atoms with Crippen LogP contribution in [0.3, 0.4) is 0 Å². The normalized spacial score (nSPS) is 18.0. The zero-order chi connectivity index (χ0) is 22.0. The number of nitrogens with two attached hydrogens (primary N) is 1. The Labute approximate surface area is 180 Å². The molecule has 158 valence electrons. The number of pyridine rings is 2. The van der Waals surface area contributed by atoms with E-state index >= 15 is 0 Å². The lowest BCUT2D eigenvalue weighted by molar-refractivity contribution is 0.227. The molecule has 0 saturated heterocycles. The number of hydrogen-bond acceptors (Lipinski definition) is 6. The van der Waals surface area contributed by atoms with E-state index in [1.54, 1.807) is 24.7 Å². The van der Waals surface area contributed by atoms with Gasteiger partial charge in [0.05, 0.1) is 0 Å². The molecular formula is C24H24FN5O. The lowest BCUT2D eigenvalue weighted by Crippen LogP contribution is -2.17. The molecule has 1 atom stereocenters. The Hall–Kier alpha value is -3.74. The second kappa shape index (κ2) is 8.55. The number of ether oxygens (including phenoxy) is 1. The summed E-state index contributed by atoms with van der Waals surface area (Å²) in [7, 11) is 0. The Morgan fingerprint density at radius 2 is 2.10 bits per heavy atom. The smallest absolute Gasteiger partial charge is 0.166 e. The number of nitrogens with zero attached hydrogens (tertiary/aromatic N) is 2. The predicted octanol–water partition coefficient (Wildman–Crippen LogP) is 4.53. The molecule has 0 saturated carbocycles. The molecule has 7 heteroatoms. The molecular weight excluding hydrogens is 393 g/mol. The largest absolute Gasteiger partial charge is 0.482 e. The zero-order valence-corrected chi connectivity index (χ0v) is 17.4. The molecule has 3 aromatic rings. The first kappa shape index (κ1) is 20.5. The Balaban J connectivity index is 2.03. The molecule has 6 nitrogen and oxygen atoms in total. The van der Waals surface area contributed by atoms with Gasteiger partial charge in [-0.25, -0.2) is 9.37 Å². The average molecular weight is 417 g/mol. The van der Waals surface area contributed by atoms with Gasteiger partial charge in [-0.3, -0.25) is 4.98 Å². The third-order valence-corrected chi connectivity index (χ3v) is 5.35. The molecule has 1 aliphatic rings. The van der Waals surface area contributed by atoms with Crippen LogP contribution in [-0.4, -0.2) is 22.7 Å². The number of allylic oxidation sites excluding steroid dienone is 1. The minimum absolute atomic E-state index is 0.252. The molecule has 0 fully saturated rings. The maximum absolute atomic E-state index is 14.2. The van der Waals surface area contributed by atoms with Gasteiger partial charge in [0.2, 0.25) is 0 Å². The van der Waals surface area contributed by atoms with Crippen LogP contribution in [0.4, 0.5) is 10.2 Å². The van der Waals surface area contributed by atoms with Gasteiger partial charge in [0.15, 0.2) is 11.6 Å². The molecule has 1 unspecified atom stereocenters. The number of fused-ring (bicyclic) bond motifs is 5. The van der Waals surface area contributed by atoms with E-state index in [-0.39, 0.29) is 11.6 Å². The number of benzene rings is 1. The number of nitrogen functional groups attached to an aromatic ring is 1. The molecule has 0 aliphatic carbocycles. The average Bonchev–Trinajstić information content (AvgIpc) is 2.77. The van der Waals surface area contributed by atoms with Crippen molar-refractivity contribution in [2.45, 2.75) is 26.4 Å². The van der Waals surface area contributed by atoms with Crippen LogP contribution in [-0.2, 0) is 6.42 Å². The molecule has 0 amide bonds. The summed E-state index contributed by atoms with van der Waals surface area (Å²) in [5.74, 6) is 0.323. The highest BCUT2D eigenvalue weighted by Crippen LogP contribution is 2.37. The molecule has 0 spiro atoms. The summed E-state index contributed by atoms with van der Waals surface area (Å²) in [6.45, 7) is 4.53. The number of rotatable bonds is 3. The third kappa shape index (κ3) is 3.99. The molecule has 0 radical (unpaired) electrons. The van der Waals surface area contributed by atoms with Gasteiger partial charge in [0.1, 0.15) is 11.9 Å². The number of aromatic nitrogens is 2. The van der Waals surface area contributed by atoms with Crippen molar-refractivity contribution < 1.29 is 9.13 Å². The molecule has 31 heavy (non-hydrogen) atoms. The van der Waals surface area contributed by atoms with Gasteiger partial charge in [-0.15, -0.1) is 0 Å². The van der Waals surface area contributed by atoms with Gasteiger partial charge in [-0.05, 0) is 60.4 Å². The van der Waals surface area contributed by atoms with Crippen LogP contribution in [0.1, 0.15) is 36.6 Å². The summed E-state index contributed by atoms with van der Waals surface area (Å²) < 4.78 is 20.4. The van der Waals surface area contributed by atoms with Crippen molar-refractivity contribution >= 4 is 17.7 Å². The minimum atomic E-state index is -0.473. The first-order valence-electron chi connectivity index (χ1n) is 10.1. The van der Waals surface area contributed by atoms with Gasteiger partial charge in [-0.2, -0.15) is 0 Å². The van der Waals surface area contributed by atoms with Crippen LogP contribution in [0.5, 0.6) is 5.75 Å². The summed E-state index contributed by atoms with van der Waals surface area (Å²) in [5, 5.41) is 11.4. The van der Waals surface area contributed by atoms with Gasteiger partial charge >= 0.3 is 0 Å². The minimum Gasteiger partial charge on any atom is -0.482 e. The Morgan fingerprint density at radius 3 is 2.87 bits per heavy atom. The molecule has 1 aliphatic heterocycles. The molecule has 4 rings (SSSR count). The lowest BCUT2D eigenvalue weighted by Gasteiger charge is -2.23. The number of anilines is 1. The van der Waals surface area contributed by atoms with Crippen molar-refractivity contribution in [1.29, 1.82) is 5.41 Å². The summed E-state index contributed by atoms with van der Waals surface area (Å²) in [4.78, 5) is 8.60.